The normalized spacial score (nSPS) is 20.1. The Morgan fingerprint density at radius 1 is 1.58 bits per heavy atom. The lowest BCUT2D eigenvalue weighted by Crippen LogP contribution is -2.47. The molecule has 104 valence electrons. The highest BCUT2D eigenvalue weighted by Gasteiger charge is 2.25. The van der Waals surface area contributed by atoms with E-state index >= 15 is 0 Å². The Labute approximate surface area is 114 Å². The van der Waals surface area contributed by atoms with E-state index < -0.39 is 0 Å². The number of anilines is 1. The van der Waals surface area contributed by atoms with E-state index in [-0.39, 0.29) is 5.91 Å². The first-order valence-electron chi connectivity index (χ1n) is 6.71. The lowest BCUT2D eigenvalue weighted by atomic mass is 10.0. The van der Waals surface area contributed by atoms with Gasteiger partial charge in [0.15, 0.2) is 0 Å². The first kappa shape index (κ1) is 13.8. The van der Waals surface area contributed by atoms with Crippen molar-refractivity contribution in [1.82, 2.24) is 14.8 Å². The first-order chi connectivity index (χ1) is 9.11. The van der Waals surface area contributed by atoms with Crippen molar-refractivity contribution in [3.05, 3.63) is 23.9 Å². The molecule has 1 atom stereocenters. The molecular formula is C14H22N4O. The Kier molecular flexibility index (Phi) is 4.37. The van der Waals surface area contributed by atoms with Crippen LogP contribution in [0.1, 0.15) is 23.2 Å². The van der Waals surface area contributed by atoms with Crippen LogP contribution >= 0.6 is 0 Å². The Hall–Kier alpha value is -1.62. The van der Waals surface area contributed by atoms with Gasteiger partial charge in [-0.15, -0.1) is 0 Å². The Morgan fingerprint density at radius 3 is 3.05 bits per heavy atom. The molecule has 1 fully saturated rings. The third-order valence-electron chi connectivity index (χ3n) is 3.73. The van der Waals surface area contributed by atoms with E-state index in [1.54, 1.807) is 25.4 Å². The minimum absolute atomic E-state index is 0.0687. The summed E-state index contributed by atoms with van der Waals surface area (Å²) < 4.78 is 0. The number of carbonyl (C=O) groups excluding carboxylic acids is 1. The number of carbonyl (C=O) groups is 1. The highest BCUT2D eigenvalue weighted by molar-refractivity contribution is 5.94. The van der Waals surface area contributed by atoms with Gasteiger partial charge in [0, 0.05) is 38.4 Å². The number of nitrogens with zero attached hydrogens (tertiary/aromatic N) is 3. The average molecular weight is 262 g/mol. The second-order valence-corrected chi connectivity index (χ2v) is 5.15. The zero-order valence-corrected chi connectivity index (χ0v) is 11.9. The van der Waals surface area contributed by atoms with Gasteiger partial charge in [-0.3, -0.25) is 4.79 Å². The zero-order valence-electron chi connectivity index (χ0n) is 11.9. The van der Waals surface area contributed by atoms with Crippen LogP contribution in [0.15, 0.2) is 18.3 Å². The molecule has 1 aliphatic heterocycles. The molecule has 5 heteroatoms. The van der Waals surface area contributed by atoms with Gasteiger partial charge in [0.1, 0.15) is 5.82 Å². The van der Waals surface area contributed by atoms with Crippen molar-refractivity contribution < 1.29 is 4.79 Å². The van der Waals surface area contributed by atoms with Crippen molar-refractivity contribution in [2.45, 2.75) is 18.9 Å². The molecule has 2 heterocycles. The van der Waals surface area contributed by atoms with Crippen molar-refractivity contribution in [2.75, 3.05) is 39.5 Å². The van der Waals surface area contributed by atoms with Gasteiger partial charge in [-0.05, 0) is 38.6 Å². The fourth-order valence-corrected chi connectivity index (χ4v) is 2.53. The molecule has 2 rings (SSSR count). The van der Waals surface area contributed by atoms with Crippen LogP contribution in [0.3, 0.4) is 0 Å². The van der Waals surface area contributed by atoms with Crippen LogP contribution in [-0.4, -0.2) is 61.0 Å². The fraction of sp³-hybridized carbons (Fsp3) is 0.571. The molecule has 1 unspecified atom stereocenters. The molecule has 0 spiro atoms. The highest BCUT2D eigenvalue weighted by atomic mass is 16.2. The van der Waals surface area contributed by atoms with Gasteiger partial charge >= 0.3 is 0 Å². The molecule has 1 amide bonds. The van der Waals surface area contributed by atoms with E-state index in [4.69, 9.17) is 0 Å². The van der Waals surface area contributed by atoms with Gasteiger partial charge < -0.3 is 15.1 Å². The highest BCUT2D eigenvalue weighted by Crippen LogP contribution is 2.16. The van der Waals surface area contributed by atoms with Gasteiger partial charge in [-0.1, -0.05) is 0 Å². The summed E-state index contributed by atoms with van der Waals surface area (Å²) in [5.74, 6) is 0.791. The fourth-order valence-electron chi connectivity index (χ4n) is 2.53. The summed E-state index contributed by atoms with van der Waals surface area (Å²) in [6, 6.07) is 3.87. The molecule has 1 aromatic heterocycles. The maximum Gasteiger partial charge on any atom is 0.254 e. The number of aromatic nitrogens is 1. The summed E-state index contributed by atoms with van der Waals surface area (Å²) in [6.45, 7) is 2.07. The quantitative estimate of drug-likeness (QED) is 0.891. The standard InChI is InChI=1S/C14H22N4O/c1-15-13-9-11(6-7-16-13)14(19)18(3)12-5-4-8-17(2)10-12/h6-7,9,12H,4-5,8,10H2,1-3H3,(H,15,16). The number of pyridine rings is 1. The monoisotopic (exact) mass is 262 g/mol. The molecule has 19 heavy (non-hydrogen) atoms. The molecule has 1 aliphatic rings. The Balaban J connectivity index is 2.09. The number of amides is 1. The van der Waals surface area contributed by atoms with Gasteiger partial charge in [-0.25, -0.2) is 4.98 Å². The van der Waals surface area contributed by atoms with Gasteiger partial charge in [0.2, 0.25) is 0 Å². The predicted molar refractivity (Wildman–Crippen MR) is 76.4 cm³/mol. The number of hydrogen-bond donors (Lipinski definition) is 1. The predicted octanol–water partition coefficient (Wildman–Crippen LogP) is 1.29. The van der Waals surface area contributed by atoms with Crippen LogP contribution in [0.5, 0.6) is 0 Å². The summed E-state index contributed by atoms with van der Waals surface area (Å²) >= 11 is 0. The third kappa shape index (κ3) is 3.23. The summed E-state index contributed by atoms with van der Waals surface area (Å²) in [7, 11) is 5.80. The summed E-state index contributed by atoms with van der Waals surface area (Å²) in [4.78, 5) is 20.8. The van der Waals surface area contributed by atoms with E-state index in [2.05, 4.69) is 22.2 Å². The number of rotatable bonds is 3. The molecule has 0 aromatic carbocycles. The van der Waals surface area contributed by atoms with Crippen molar-refractivity contribution in [3.8, 4) is 0 Å². The van der Waals surface area contributed by atoms with E-state index in [1.807, 2.05) is 11.9 Å². The van der Waals surface area contributed by atoms with Crippen molar-refractivity contribution in [1.29, 1.82) is 0 Å². The SMILES string of the molecule is CNc1cc(C(=O)N(C)C2CCCN(C)C2)ccn1. The van der Waals surface area contributed by atoms with Crippen molar-refractivity contribution >= 4 is 11.7 Å². The zero-order chi connectivity index (χ0) is 13.8. The van der Waals surface area contributed by atoms with E-state index in [1.165, 1.54) is 0 Å². The lowest BCUT2D eigenvalue weighted by molar-refractivity contribution is 0.0644. The lowest BCUT2D eigenvalue weighted by Gasteiger charge is -2.35. The number of likely N-dealkylation sites (tertiary alicyclic amines) is 1. The first-order valence-corrected chi connectivity index (χ1v) is 6.71. The molecule has 0 aliphatic carbocycles. The van der Waals surface area contributed by atoms with Crippen LogP contribution < -0.4 is 5.32 Å². The van der Waals surface area contributed by atoms with Gasteiger partial charge in [-0.2, -0.15) is 0 Å². The Morgan fingerprint density at radius 2 is 2.37 bits per heavy atom. The smallest absolute Gasteiger partial charge is 0.254 e. The second-order valence-electron chi connectivity index (χ2n) is 5.15. The summed E-state index contributed by atoms with van der Waals surface area (Å²) in [6.07, 6.45) is 3.90. The van der Waals surface area contributed by atoms with E-state index in [0.29, 0.717) is 11.6 Å². The van der Waals surface area contributed by atoms with Crippen molar-refractivity contribution in [3.63, 3.8) is 0 Å². The number of nitrogens with one attached hydrogen (secondary N) is 1. The molecule has 0 radical (unpaired) electrons. The van der Waals surface area contributed by atoms with Crippen LogP contribution in [0.4, 0.5) is 5.82 Å². The number of likely N-dealkylation sites (N-methyl/N-ethyl adjacent to an activating group) is 2. The topological polar surface area (TPSA) is 48.5 Å². The van der Waals surface area contributed by atoms with Gasteiger partial charge in [0.05, 0.1) is 0 Å². The van der Waals surface area contributed by atoms with Crippen LogP contribution in [0.25, 0.3) is 0 Å². The van der Waals surface area contributed by atoms with Crippen LogP contribution in [0.2, 0.25) is 0 Å². The molecule has 1 aromatic rings. The van der Waals surface area contributed by atoms with Crippen LogP contribution in [-0.2, 0) is 0 Å². The summed E-state index contributed by atoms with van der Waals surface area (Å²) in [5, 5.41) is 2.96. The average Bonchev–Trinajstić information content (AvgIpc) is 2.45. The Bertz CT molecular complexity index is 449. The maximum absolute atomic E-state index is 12.5. The molecule has 0 saturated carbocycles. The number of hydrogen-bond acceptors (Lipinski definition) is 4. The molecule has 1 N–H and O–H groups in total. The maximum atomic E-state index is 12.5. The van der Waals surface area contributed by atoms with Crippen LogP contribution in [0, 0.1) is 0 Å². The van der Waals surface area contributed by atoms with Crippen molar-refractivity contribution in [2.24, 2.45) is 0 Å². The third-order valence-corrected chi connectivity index (χ3v) is 3.73. The minimum Gasteiger partial charge on any atom is -0.373 e. The van der Waals surface area contributed by atoms with Gasteiger partial charge in [0.25, 0.3) is 5.91 Å². The molecular weight excluding hydrogens is 240 g/mol. The largest absolute Gasteiger partial charge is 0.373 e. The van der Waals surface area contributed by atoms with E-state index in [9.17, 15) is 4.79 Å². The van der Waals surface area contributed by atoms with E-state index in [0.717, 1.165) is 31.7 Å². The molecule has 5 nitrogen and oxygen atoms in total. The minimum atomic E-state index is 0.0687. The summed E-state index contributed by atoms with van der Waals surface area (Å²) in [5.41, 5.74) is 0.690. The number of piperidine rings is 1. The molecule has 0 bridgehead atoms. The molecule has 1 saturated heterocycles. The second kappa shape index (κ2) is 6.02.